The van der Waals surface area contributed by atoms with E-state index < -0.39 is 11.2 Å². The molecular formula is C21H20N4O4S. The highest BCUT2D eigenvalue weighted by Gasteiger charge is 2.08. The third kappa shape index (κ3) is 6.29. The molecule has 1 heterocycles. The average molecular weight is 424 g/mol. The highest BCUT2D eigenvalue weighted by atomic mass is 32.2. The van der Waals surface area contributed by atoms with E-state index >= 15 is 0 Å². The van der Waals surface area contributed by atoms with Crippen LogP contribution in [0.3, 0.4) is 0 Å². The Bertz CT molecular complexity index is 1020. The van der Waals surface area contributed by atoms with Gasteiger partial charge in [0.05, 0.1) is 6.42 Å². The highest BCUT2D eigenvalue weighted by Crippen LogP contribution is 2.22. The molecule has 0 aliphatic carbocycles. The lowest BCUT2D eigenvalue weighted by Crippen LogP contribution is -2.14. The van der Waals surface area contributed by atoms with Crippen LogP contribution in [0.1, 0.15) is 12.5 Å². The number of aromatic nitrogens is 2. The van der Waals surface area contributed by atoms with Crippen molar-refractivity contribution in [1.82, 2.24) is 9.97 Å². The molecule has 0 saturated carbocycles. The number of nitrogens with one attached hydrogen (secondary N) is 2. The summed E-state index contributed by atoms with van der Waals surface area (Å²) in [7, 11) is 0. The molecule has 0 radical (unpaired) electrons. The summed E-state index contributed by atoms with van der Waals surface area (Å²) in [5, 5.41) is 5.38. The fourth-order valence-corrected chi connectivity index (χ4v) is 3.08. The molecule has 0 spiro atoms. The molecule has 0 saturated heterocycles. The van der Waals surface area contributed by atoms with Crippen molar-refractivity contribution in [3.8, 4) is 11.6 Å². The highest BCUT2D eigenvalue weighted by molar-refractivity contribution is 7.90. The van der Waals surface area contributed by atoms with E-state index in [4.69, 9.17) is 4.74 Å². The topological polar surface area (TPSA) is 116 Å². The molecule has 2 amide bonds. The molecule has 2 aromatic carbocycles. The maximum atomic E-state index is 12.2. The van der Waals surface area contributed by atoms with Gasteiger partial charge in [-0.3, -0.25) is 9.59 Å². The number of ether oxygens (including phenoxy) is 1. The minimum Gasteiger partial charge on any atom is -0.612 e. The SMILES string of the molecule is CC(=O)Nc1cc(Oc2ccc(NC(=O)Cc3ccc([S+](C)[O-])cc3)cc2)ncn1. The zero-order chi connectivity index (χ0) is 21.5. The van der Waals surface area contributed by atoms with Crippen LogP contribution in [0.5, 0.6) is 11.6 Å². The largest absolute Gasteiger partial charge is 0.612 e. The number of rotatable bonds is 7. The number of anilines is 2. The Morgan fingerprint density at radius 1 is 1.03 bits per heavy atom. The third-order valence-electron chi connectivity index (χ3n) is 3.93. The average Bonchev–Trinajstić information content (AvgIpc) is 2.69. The van der Waals surface area contributed by atoms with E-state index in [1.54, 1.807) is 54.8 Å². The Labute approximate surface area is 176 Å². The fraction of sp³-hybridized carbons (Fsp3) is 0.143. The Morgan fingerprint density at radius 3 is 2.37 bits per heavy atom. The lowest BCUT2D eigenvalue weighted by molar-refractivity contribution is -0.116. The van der Waals surface area contributed by atoms with Crippen LogP contribution in [0.15, 0.2) is 65.8 Å². The first kappa shape index (κ1) is 21.3. The summed E-state index contributed by atoms with van der Waals surface area (Å²) in [5.74, 6) is 0.737. The van der Waals surface area contributed by atoms with Gasteiger partial charge >= 0.3 is 0 Å². The van der Waals surface area contributed by atoms with E-state index in [0.29, 0.717) is 17.3 Å². The number of nitrogens with zero attached hydrogens (tertiary/aromatic N) is 2. The minimum atomic E-state index is -1.04. The second-order valence-corrected chi connectivity index (χ2v) is 7.75. The Kier molecular flexibility index (Phi) is 6.99. The van der Waals surface area contributed by atoms with Crippen LogP contribution in [-0.4, -0.2) is 32.6 Å². The molecular weight excluding hydrogens is 404 g/mol. The quantitative estimate of drug-likeness (QED) is 0.563. The first-order chi connectivity index (χ1) is 14.4. The van der Waals surface area contributed by atoms with Gasteiger partial charge in [0.2, 0.25) is 17.7 Å². The van der Waals surface area contributed by atoms with Crippen molar-refractivity contribution in [3.05, 3.63) is 66.5 Å². The smallest absolute Gasteiger partial charge is 0.228 e. The van der Waals surface area contributed by atoms with Crippen LogP contribution in [0.4, 0.5) is 11.5 Å². The van der Waals surface area contributed by atoms with Crippen molar-refractivity contribution in [2.45, 2.75) is 18.2 Å². The predicted octanol–water partition coefficient (Wildman–Crippen LogP) is 3.15. The van der Waals surface area contributed by atoms with Crippen molar-refractivity contribution < 1.29 is 18.9 Å². The van der Waals surface area contributed by atoms with Crippen LogP contribution in [-0.2, 0) is 27.2 Å². The molecule has 3 aromatic rings. The van der Waals surface area contributed by atoms with Gasteiger partial charge in [0.15, 0.2) is 4.90 Å². The maximum Gasteiger partial charge on any atom is 0.228 e. The van der Waals surface area contributed by atoms with E-state index in [1.807, 2.05) is 0 Å². The van der Waals surface area contributed by atoms with Gasteiger partial charge in [0, 0.05) is 18.7 Å². The van der Waals surface area contributed by atoms with Crippen LogP contribution >= 0.6 is 0 Å². The summed E-state index contributed by atoms with van der Waals surface area (Å²) < 4.78 is 17.1. The summed E-state index contributed by atoms with van der Waals surface area (Å²) in [4.78, 5) is 32.0. The van der Waals surface area contributed by atoms with Crippen molar-refractivity contribution >= 4 is 34.5 Å². The predicted molar refractivity (Wildman–Crippen MR) is 114 cm³/mol. The number of hydrogen-bond donors (Lipinski definition) is 2. The second kappa shape index (κ2) is 9.86. The monoisotopic (exact) mass is 424 g/mol. The molecule has 0 aliphatic rings. The van der Waals surface area contributed by atoms with Crippen molar-refractivity contribution in [2.75, 3.05) is 16.9 Å². The second-order valence-electron chi connectivity index (χ2n) is 6.37. The van der Waals surface area contributed by atoms with Gasteiger partial charge in [0.1, 0.15) is 24.2 Å². The first-order valence-corrected chi connectivity index (χ1v) is 10.5. The van der Waals surface area contributed by atoms with Gasteiger partial charge < -0.3 is 19.9 Å². The van der Waals surface area contributed by atoms with Crippen molar-refractivity contribution in [2.24, 2.45) is 0 Å². The van der Waals surface area contributed by atoms with Crippen LogP contribution in [0.2, 0.25) is 0 Å². The van der Waals surface area contributed by atoms with Gasteiger partial charge in [-0.15, -0.1) is 0 Å². The Balaban J connectivity index is 1.56. The van der Waals surface area contributed by atoms with Crippen LogP contribution in [0.25, 0.3) is 0 Å². The number of benzene rings is 2. The fourth-order valence-electron chi connectivity index (χ4n) is 2.56. The van der Waals surface area contributed by atoms with Crippen LogP contribution in [0, 0.1) is 0 Å². The molecule has 9 heteroatoms. The van der Waals surface area contributed by atoms with Gasteiger partial charge in [-0.25, -0.2) is 9.97 Å². The van der Waals surface area contributed by atoms with E-state index in [9.17, 15) is 14.1 Å². The van der Waals surface area contributed by atoms with E-state index in [0.717, 1.165) is 10.5 Å². The molecule has 154 valence electrons. The third-order valence-corrected chi connectivity index (χ3v) is 4.86. The summed E-state index contributed by atoms with van der Waals surface area (Å²) >= 11 is -1.04. The Hall–Kier alpha value is -3.43. The standard InChI is InChI=1S/C21H20N4O4S/c1-14(26)24-19-12-21(23-13-22-19)29-17-7-5-16(6-8-17)25-20(27)11-15-3-9-18(10-4-15)30(2)28/h3-10,12-13H,11H2,1-2H3,(H,25,27)(H,22,23,24,26). The van der Waals surface area contributed by atoms with Crippen molar-refractivity contribution in [3.63, 3.8) is 0 Å². The zero-order valence-electron chi connectivity index (χ0n) is 16.4. The van der Waals surface area contributed by atoms with E-state index in [1.165, 1.54) is 19.3 Å². The van der Waals surface area contributed by atoms with Crippen LogP contribution < -0.4 is 15.4 Å². The number of amides is 2. The summed E-state index contributed by atoms with van der Waals surface area (Å²) in [5.41, 5.74) is 1.46. The molecule has 30 heavy (non-hydrogen) atoms. The van der Waals surface area contributed by atoms with Gasteiger partial charge in [-0.2, -0.15) is 0 Å². The summed E-state index contributed by atoms with van der Waals surface area (Å²) in [6.07, 6.45) is 3.11. The number of carbonyl (C=O) groups excluding carboxylic acids is 2. The van der Waals surface area contributed by atoms with Crippen molar-refractivity contribution in [1.29, 1.82) is 0 Å². The summed E-state index contributed by atoms with van der Waals surface area (Å²) in [6, 6.07) is 15.4. The van der Waals surface area contributed by atoms with E-state index in [2.05, 4.69) is 20.6 Å². The van der Waals surface area contributed by atoms with E-state index in [-0.39, 0.29) is 24.1 Å². The number of hydrogen-bond acceptors (Lipinski definition) is 6. The zero-order valence-corrected chi connectivity index (χ0v) is 17.2. The lowest BCUT2D eigenvalue weighted by Gasteiger charge is -2.09. The molecule has 8 nitrogen and oxygen atoms in total. The lowest BCUT2D eigenvalue weighted by atomic mass is 10.1. The van der Waals surface area contributed by atoms with Gasteiger partial charge in [-0.1, -0.05) is 12.1 Å². The molecule has 3 rings (SSSR count). The molecule has 0 fully saturated rings. The first-order valence-electron chi connectivity index (χ1n) is 8.99. The molecule has 0 bridgehead atoms. The number of carbonyl (C=O) groups is 2. The molecule has 1 unspecified atom stereocenters. The molecule has 0 aliphatic heterocycles. The summed E-state index contributed by atoms with van der Waals surface area (Å²) in [6.45, 7) is 1.39. The van der Waals surface area contributed by atoms with Gasteiger partial charge in [0.25, 0.3) is 0 Å². The normalized spacial score (nSPS) is 11.4. The Morgan fingerprint density at radius 2 is 1.73 bits per heavy atom. The molecule has 1 atom stereocenters. The molecule has 2 N–H and O–H groups in total. The van der Waals surface area contributed by atoms with Gasteiger partial charge in [-0.05, 0) is 53.1 Å². The minimum absolute atomic E-state index is 0.162. The maximum absolute atomic E-state index is 12.2. The molecule has 1 aromatic heterocycles.